The van der Waals surface area contributed by atoms with Crippen molar-refractivity contribution >= 4 is 5.91 Å². The maximum Gasteiger partial charge on any atom is 0.257 e. The maximum absolute atomic E-state index is 12.3. The first-order valence-electron chi connectivity index (χ1n) is 7.68. The van der Waals surface area contributed by atoms with E-state index in [1.807, 2.05) is 4.90 Å². The summed E-state index contributed by atoms with van der Waals surface area (Å²) in [6.07, 6.45) is 7.67. The quantitative estimate of drug-likeness (QED) is 0.856. The highest BCUT2D eigenvalue weighted by molar-refractivity contribution is 5.93. The van der Waals surface area contributed by atoms with Crippen LogP contribution < -0.4 is 0 Å². The number of carbonyl (C=O) groups is 1. The minimum atomic E-state index is 0.105. The summed E-state index contributed by atoms with van der Waals surface area (Å²) in [6.45, 7) is 1.74. The Bertz CT molecular complexity index is 562. The van der Waals surface area contributed by atoms with E-state index in [1.54, 1.807) is 12.3 Å². The van der Waals surface area contributed by atoms with Crippen LogP contribution in [0.3, 0.4) is 0 Å². The van der Waals surface area contributed by atoms with Gasteiger partial charge in [0.2, 0.25) is 0 Å². The molecular formula is C18H21NO2. The van der Waals surface area contributed by atoms with E-state index in [2.05, 4.69) is 30.3 Å². The first-order valence-corrected chi connectivity index (χ1v) is 7.68. The van der Waals surface area contributed by atoms with Crippen molar-refractivity contribution in [2.45, 2.75) is 25.7 Å². The third-order valence-electron chi connectivity index (χ3n) is 4.26. The van der Waals surface area contributed by atoms with Crippen molar-refractivity contribution in [1.82, 2.24) is 4.90 Å². The fraction of sp³-hybridized carbons (Fsp3) is 0.389. The van der Waals surface area contributed by atoms with Gasteiger partial charge in [-0.25, -0.2) is 0 Å². The van der Waals surface area contributed by atoms with Crippen LogP contribution in [0.1, 0.15) is 35.2 Å². The molecule has 110 valence electrons. The number of aryl methyl sites for hydroxylation is 1. The van der Waals surface area contributed by atoms with E-state index in [4.69, 9.17) is 4.42 Å². The second kappa shape index (κ2) is 6.61. The smallest absolute Gasteiger partial charge is 0.257 e. The molecular weight excluding hydrogens is 262 g/mol. The monoisotopic (exact) mass is 283 g/mol. The van der Waals surface area contributed by atoms with Crippen LogP contribution in [0, 0.1) is 5.92 Å². The van der Waals surface area contributed by atoms with Gasteiger partial charge in [0.1, 0.15) is 6.26 Å². The Morgan fingerprint density at radius 1 is 1.24 bits per heavy atom. The van der Waals surface area contributed by atoms with Crippen LogP contribution in [0.5, 0.6) is 0 Å². The van der Waals surface area contributed by atoms with Gasteiger partial charge in [-0.1, -0.05) is 30.3 Å². The molecule has 2 heterocycles. The van der Waals surface area contributed by atoms with Gasteiger partial charge in [0, 0.05) is 13.1 Å². The highest BCUT2D eigenvalue weighted by Crippen LogP contribution is 2.23. The molecule has 0 saturated carbocycles. The summed E-state index contributed by atoms with van der Waals surface area (Å²) in [7, 11) is 0. The number of likely N-dealkylation sites (tertiary alicyclic amines) is 1. The molecule has 21 heavy (non-hydrogen) atoms. The standard InChI is InChI=1S/C18H21NO2/c20-18(17-10-12-21-14-17)19-11-4-7-16(13-19)9-8-15-5-2-1-3-6-15/h1-3,5-6,10,12,14,16H,4,7-9,11,13H2/t16-/m1/s1. The Labute approximate surface area is 125 Å². The van der Waals surface area contributed by atoms with E-state index in [9.17, 15) is 4.79 Å². The Kier molecular flexibility index (Phi) is 4.39. The van der Waals surface area contributed by atoms with Gasteiger partial charge in [-0.2, -0.15) is 0 Å². The predicted octanol–water partition coefficient (Wildman–Crippen LogP) is 3.76. The molecule has 3 heteroatoms. The van der Waals surface area contributed by atoms with Crippen molar-refractivity contribution in [3.8, 4) is 0 Å². The molecule has 1 atom stereocenters. The maximum atomic E-state index is 12.3. The second-order valence-electron chi connectivity index (χ2n) is 5.80. The zero-order chi connectivity index (χ0) is 14.5. The number of furan rings is 1. The summed E-state index contributed by atoms with van der Waals surface area (Å²) in [6, 6.07) is 12.3. The van der Waals surface area contributed by atoms with E-state index in [-0.39, 0.29) is 5.91 Å². The van der Waals surface area contributed by atoms with Gasteiger partial charge in [-0.3, -0.25) is 4.79 Å². The average molecular weight is 283 g/mol. The Balaban J connectivity index is 1.55. The first-order chi connectivity index (χ1) is 10.3. The lowest BCUT2D eigenvalue weighted by atomic mass is 9.91. The number of nitrogens with zero attached hydrogens (tertiary/aromatic N) is 1. The summed E-state index contributed by atoms with van der Waals surface area (Å²) in [4.78, 5) is 14.3. The number of piperidine rings is 1. The van der Waals surface area contributed by atoms with Crippen LogP contribution in [0.25, 0.3) is 0 Å². The molecule has 1 saturated heterocycles. The number of hydrogen-bond donors (Lipinski definition) is 0. The lowest BCUT2D eigenvalue weighted by Gasteiger charge is -2.32. The van der Waals surface area contributed by atoms with Crippen LogP contribution in [0.2, 0.25) is 0 Å². The molecule has 2 aromatic rings. The molecule has 1 aromatic heterocycles. The van der Waals surface area contributed by atoms with E-state index in [0.29, 0.717) is 11.5 Å². The average Bonchev–Trinajstić information content (AvgIpc) is 3.08. The zero-order valence-corrected chi connectivity index (χ0v) is 12.2. The summed E-state index contributed by atoms with van der Waals surface area (Å²) in [5.41, 5.74) is 2.05. The molecule has 0 unspecified atom stereocenters. The van der Waals surface area contributed by atoms with Gasteiger partial charge in [0.15, 0.2) is 0 Å². The van der Waals surface area contributed by atoms with Crippen LogP contribution in [0.15, 0.2) is 53.3 Å². The highest BCUT2D eigenvalue weighted by atomic mass is 16.3. The molecule has 1 aliphatic heterocycles. The molecule has 1 amide bonds. The second-order valence-corrected chi connectivity index (χ2v) is 5.80. The topological polar surface area (TPSA) is 33.5 Å². The molecule has 0 bridgehead atoms. The fourth-order valence-electron chi connectivity index (χ4n) is 3.07. The van der Waals surface area contributed by atoms with E-state index in [0.717, 1.165) is 32.4 Å². The van der Waals surface area contributed by atoms with Crippen molar-refractivity contribution in [3.63, 3.8) is 0 Å². The summed E-state index contributed by atoms with van der Waals surface area (Å²) in [5, 5.41) is 0. The van der Waals surface area contributed by atoms with Gasteiger partial charge < -0.3 is 9.32 Å². The van der Waals surface area contributed by atoms with Gasteiger partial charge in [-0.15, -0.1) is 0 Å². The molecule has 0 N–H and O–H groups in total. The van der Waals surface area contributed by atoms with Gasteiger partial charge >= 0.3 is 0 Å². The van der Waals surface area contributed by atoms with Crippen molar-refractivity contribution in [2.75, 3.05) is 13.1 Å². The van der Waals surface area contributed by atoms with E-state index >= 15 is 0 Å². The summed E-state index contributed by atoms with van der Waals surface area (Å²) in [5.74, 6) is 0.711. The number of hydrogen-bond acceptors (Lipinski definition) is 2. The number of benzene rings is 1. The molecule has 0 radical (unpaired) electrons. The molecule has 0 aliphatic carbocycles. The normalized spacial score (nSPS) is 18.7. The fourth-order valence-corrected chi connectivity index (χ4v) is 3.07. The third kappa shape index (κ3) is 3.54. The third-order valence-corrected chi connectivity index (χ3v) is 4.26. The van der Waals surface area contributed by atoms with Crippen LogP contribution >= 0.6 is 0 Å². The summed E-state index contributed by atoms with van der Waals surface area (Å²) < 4.78 is 5.01. The predicted molar refractivity (Wildman–Crippen MR) is 82.1 cm³/mol. The van der Waals surface area contributed by atoms with E-state index < -0.39 is 0 Å². The first kappa shape index (κ1) is 13.9. The van der Waals surface area contributed by atoms with E-state index in [1.165, 1.54) is 18.2 Å². The molecule has 3 nitrogen and oxygen atoms in total. The Morgan fingerprint density at radius 3 is 2.86 bits per heavy atom. The number of carbonyl (C=O) groups excluding carboxylic acids is 1. The Hall–Kier alpha value is -2.03. The molecule has 3 rings (SSSR count). The van der Waals surface area contributed by atoms with Crippen LogP contribution in [-0.4, -0.2) is 23.9 Å². The SMILES string of the molecule is O=C(c1ccoc1)N1CCC[C@H](CCc2ccccc2)C1. The lowest BCUT2D eigenvalue weighted by molar-refractivity contribution is 0.0667. The largest absolute Gasteiger partial charge is 0.472 e. The molecule has 0 spiro atoms. The number of rotatable bonds is 4. The lowest BCUT2D eigenvalue weighted by Crippen LogP contribution is -2.39. The zero-order valence-electron chi connectivity index (χ0n) is 12.2. The van der Waals surface area contributed by atoms with Crippen molar-refractivity contribution < 1.29 is 9.21 Å². The molecule has 1 aliphatic rings. The van der Waals surface area contributed by atoms with Gasteiger partial charge in [0.05, 0.1) is 11.8 Å². The van der Waals surface area contributed by atoms with Crippen molar-refractivity contribution in [1.29, 1.82) is 0 Å². The summed E-state index contributed by atoms with van der Waals surface area (Å²) >= 11 is 0. The molecule has 1 aromatic carbocycles. The Morgan fingerprint density at radius 2 is 2.10 bits per heavy atom. The highest BCUT2D eigenvalue weighted by Gasteiger charge is 2.24. The van der Waals surface area contributed by atoms with Crippen molar-refractivity contribution in [2.24, 2.45) is 5.92 Å². The van der Waals surface area contributed by atoms with Gasteiger partial charge in [0.25, 0.3) is 5.91 Å². The number of amides is 1. The van der Waals surface area contributed by atoms with Crippen LogP contribution in [0.4, 0.5) is 0 Å². The van der Waals surface area contributed by atoms with Crippen molar-refractivity contribution in [3.05, 3.63) is 60.1 Å². The molecule has 1 fully saturated rings. The van der Waals surface area contributed by atoms with Crippen LogP contribution in [-0.2, 0) is 6.42 Å². The minimum Gasteiger partial charge on any atom is -0.472 e. The van der Waals surface area contributed by atoms with Gasteiger partial charge in [-0.05, 0) is 43.2 Å². The minimum absolute atomic E-state index is 0.105.